The van der Waals surface area contributed by atoms with Crippen LogP contribution in [0.2, 0.25) is 0 Å². The van der Waals surface area contributed by atoms with Gasteiger partial charge < -0.3 is 24.1 Å². The predicted octanol–water partition coefficient (Wildman–Crippen LogP) is 2.38. The zero-order valence-corrected chi connectivity index (χ0v) is 19.5. The molecule has 4 rings (SSSR count). The molecule has 2 heterocycles. The van der Waals surface area contributed by atoms with Crippen molar-refractivity contribution in [2.75, 3.05) is 0 Å². The van der Waals surface area contributed by atoms with Crippen LogP contribution in [-0.2, 0) is 33.3 Å². The minimum Gasteiger partial charge on any atom is -0.462 e. The summed E-state index contributed by atoms with van der Waals surface area (Å²) in [5.41, 5.74) is -1.68. The molecule has 2 aliphatic carbocycles. The molecule has 2 aliphatic heterocycles. The lowest BCUT2D eigenvalue weighted by atomic mass is 9.57. The molecule has 0 aromatic carbocycles. The predicted molar refractivity (Wildman–Crippen MR) is 112 cm³/mol. The summed E-state index contributed by atoms with van der Waals surface area (Å²) in [7, 11) is 0. The highest BCUT2D eigenvalue weighted by atomic mass is 16.7. The van der Waals surface area contributed by atoms with E-state index in [0.29, 0.717) is 19.3 Å². The standard InChI is InChI=1S/C24H32O8/c1-12-7-9-16(29-14(3)25)22(5)17(30-15(4)26)10-8-13(2)19(22)20(27)24-18(11-12)31-21(28)23(24,6)32-24/h8,11,16-20,27H,7,9-10H2,1-6H3/b12-11-/t16-,17-,18-,19+,20-,22-,23-,24-/m1/s1. The Kier molecular flexibility index (Phi) is 5.33. The van der Waals surface area contributed by atoms with Crippen molar-refractivity contribution in [3.05, 3.63) is 23.3 Å². The highest BCUT2D eigenvalue weighted by Crippen LogP contribution is 2.64. The van der Waals surface area contributed by atoms with Gasteiger partial charge in [0.15, 0.2) is 17.3 Å². The van der Waals surface area contributed by atoms with Crippen LogP contribution in [0.5, 0.6) is 0 Å². The number of epoxide rings is 1. The number of ether oxygens (including phenoxy) is 4. The molecule has 0 aromatic rings. The van der Waals surface area contributed by atoms with Gasteiger partial charge in [-0.15, -0.1) is 0 Å². The molecule has 176 valence electrons. The van der Waals surface area contributed by atoms with Crippen LogP contribution < -0.4 is 0 Å². The third-order valence-electron chi connectivity index (χ3n) is 7.93. The minimum atomic E-state index is -1.26. The minimum absolute atomic E-state index is 0.432. The van der Waals surface area contributed by atoms with Gasteiger partial charge >= 0.3 is 17.9 Å². The average Bonchev–Trinajstić information content (AvgIpc) is 3.28. The molecule has 0 amide bonds. The highest BCUT2D eigenvalue weighted by molar-refractivity contribution is 5.89. The molecular weight excluding hydrogens is 416 g/mol. The van der Waals surface area contributed by atoms with Crippen molar-refractivity contribution >= 4 is 17.9 Å². The normalized spacial score (nSPS) is 46.8. The first-order chi connectivity index (χ1) is 14.9. The van der Waals surface area contributed by atoms with Crippen molar-refractivity contribution in [2.24, 2.45) is 11.3 Å². The first-order valence-corrected chi connectivity index (χ1v) is 11.2. The molecule has 4 aliphatic rings. The lowest BCUT2D eigenvalue weighted by Gasteiger charge is -2.52. The number of hydrogen-bond acceptors (Lipinski definition) is 8. The van der Waals surface area contributed by atoms with E-state index in [1.807, 2.05) is 32.9 Å². The zero-order chi connectivity index (χ0) is 23.6. The average molecular weight is 449 g/mol. The Morgan fingerprint density at radius 1 is 1.12 bits per heavy atom. The summed E-state index contributed by atoms with van der Waals surface area (Å²) in [6, 6.07) is 0. The molecule has 8 atom stereocenters. The van der Waals surface area contributed by atoms with Gasteiger partial charge in [-0.05, 0) is 39.7 Å². The first kappa shape index (κ1) is 23.0. The van der Waals surface area contributed by atoms with Crippen LogP contribution in [0.25, 0.3) is 0 Å². The van der Waals surface area contributed by atoms with Crippen molar-refractivity contribution in [3.63, 3.8) is 0 Å². The molecule has 8 nitrogen and oxygen atoms in total. The van der Waals surface area contributed by atoms with Gasteiger partial charge in [0, 0.05) is 26.2 Å². The topological polar surface area (TPSA) is 112 Å². The van der Waals surface area contributed by atoms with Gasteiger partial charge in [0.1, 0.15) is 12.2 Å². The van der Waals surface area contributed by atoms with E-state index < -0.39 is 64.9 Å². The zero-order valence-electron chi connectivity index (χ0n) is 19.5. The number of hydrogen-bond donors (Lipinski definition) is 1. The van der Waals surface area contributed by atoms with Crippen LogP contribution in [0.4, 0.5) is 0 Å². The summed E-state index contributed by atoms with van der Waals surface area (Å²) in [4.78, 5) is 36.7. The maximum absolute atomic E-state index is 12.6. The molecule has 32 heavy (non-hydrogen) atoms. The smallest absolute Gasteiger partial charge is 0.342 e. The number of carbonyl (C=O) groups is 3. The van der Waals surface area contributed by atoms with E-state index in [-0.39, 0.29) is 0 Å². The number of carbonyl (C=O) groups excluding carboxylic acids is 3. The number of fused-ring (bicyclic) bond motifs is 1. The van der Waals surface area contributed by atoms with Crippen molar-refractivity contribution in [1.29, 1.82) is 0 Å². The maximum Gasteiger partial charge on any atom is 0.342 e. The molecule has 0 aromatic heterocycles. The van der Waals surface area contributed by atoms with E-state index in [0.717, 1.165) is 11.1 Å². The molecule has 0 saturated carbocycles. The Balaban J connectivity index is 1.90. The fourth-order valence-corrected chi connectivity index (χ4v) is 6.21. The van der Waals surface area contributed by atoms with Crippen LogP contribution in [0, 0.1) is 11.3 Å². The van der Waals surface area contributed by atoms with Crippen LogP contribution in [0.1, 0.15) is 60.8 Å². The van der Waals surface area contributed by atoms with Crippen molar-refractivity contribution in [1.82, 2.24) is 0 Å². The summed E-state index contributed by atoms with van der Waals surface area (Å²) in [5.74, 6) is -2.00. The summed E-state index contributed by atoms with van der Waals surface area (Å²) in [5, 5.41) is 11.9. The maximum atomic E-state index is 12.6. The lowest BCUT2D eigenvalue weighted by Crippen LogP contribution is -2.60. The van der Waals surface area contributed by atoms with Gasteiger partial charge in [-0.2, -0.15) is 0 Å². The van der Waals surface area contributed by atoms with Crippen LogP contribution in [0.3, 0.4) is 0 Å². The molecule has 0 radical (unpaired) electrons. The highest BCUT2D eigenvalue weighted by Gasteiger charge is 2.85. The largest absolute Gasteiger partial charge is 0.462 e. The molecule has 1 spiro atoms. The molecule has 8 heteroatoms. The van der Waals surface area contributed by atoms with E-state index in [1.165, 1.54) is 13.8 Å². The lowest BCUT2D eigenvalue weighted by molar-refractivity contribution is -0.190. The van der Waals surface area contributed by atoms with Gasteiger partial charge in [-0.25, -0.2) is 4.79 Å². The Morgan fingerprint density at radius 3 is 2.34 bits per heavy atom. The van der Waals surface area contributed by atoms with Gasteiger partial charge in [0.25, 0.3) is 0 Å². The monoisotopic (exact) mass is 448 g/mol. The number of aliphatic hydroxyl groups excluding tert-OH is 1. The Bertz CT molecular complexity index is 921. The van der Waals surface area contributed by atoms with E-state index >= 15 is 0 Å². The van der Waals surface area contributed by atoms with E-state index in [4.69, 9.17) is 18.9 Å². The van der Waals surface area contributed by atoms with Gasteiger partial charge in [0.05, 0.1) is 11.5 Å². The van der Waals surface area contributed by atoms with Crippen LogP contribution in [-0.4, -0.2) is 58.6 Å². The van der Waals surface area contributed by atoms with Crippen molar-refractivity contribution in [2.45, 2.75) is 96.4 Å². The van der Waals surface area contributed by atoms with E-state index in [1.54, 1.807) is 6.92 Å². The summed E-state index contributed by atoms with van der Waals surface area (Å²) < 4.78 is 23.2. The quantitative estimate of drug-likeness (QED) is 0.297. The Morgan fingerprint density at radius 2 is 1.75 bits per heavy atom. The molecule has 2 saturated heterocycles. The fourth-order valence-electron chi connectivity index (χ4n) is 6.21. The Hall–Kier alpha value is -2.19. The molecule has 1 N–H and O–H groups in total. The summed E-state index contributed by atoms with van der Waals surface area (Å²) in [6.45, 7) is 10.0. The molecular formula is C24H32O8. The summed E-state index contributed by atoms with van der Waals surface area (Å²) >= 11 is 0. The van der Waals surface area contributed by atoms with Crippen molar-refractivity contribution in [3.8, 4) is 0 Å². The number of esters is 3. The van der Waals surface area contributed by atoms with Gasteiger partial charge in [-0.3, -0.25) is 9.59 Å². The first-order valence-electron chi connectivity index (χ1n) is 11.2. The second-order valence-corrected chi connectivity index (χ2v) is 9.97. The molecule has 0 unspecified atom stereocenters. The Labute approximate surface area is 187 Å². The van der Waals surface area contributed by atoms with E-state index in [2.05, 4.69) is 0 Å². The number of aliphatic hydroxyl groups is 1. The third kappa shape index (κ3) is 3.06. The van der Waals surface area contributed by atoms with E-state index in [9.17, 15) is 19.5 Å². The SMILES string of the molecule is CC(=O)O[C@@H]1CC=C(C)[C@H]2[C@@H](O)[C@@]34O[C@]3(C)C(=O)O[C@@H]4/C=C(/C)CC[C@@H](OC(C)=O)[C@]12C. The second-order valence-electron chi connectivity index (χ2n) is 9.97. The van der Waals surface area contributed by atoms with Gasteiger partial charge in [-0.1, -0.05) is 24.1 Å². The van der Waals surface area contributed by atoms with Crippen LogP contribution >= 0.6 is 0 Å². The van der Waals surface area contributed by atoms with Crippen LogP contribution in [0.15, 0.2) is 23.3 Å². The second kappa shape index (κ2) is 7.42. The molecule has 0 bridgehead atoms. The van der Waals surface area contributed by atoms with Gasteiger partial charge in [0.2, 0.25) is 0 Å². The number of allylic oxidation sites excluding steroid dienone is 1. The van der Waals surface area contributed by atoms with Crippen molar-refractivity contribution < 1.29 is 38.4 Å². The molecule has 2 fully saturated rings. The fraction of sp³-hybridized carbons (Fsp3) is 0.708. The number of rotatable bonds is 2. The summed E-state index contributed by atoms with van der Waals surface area (Å²) in [6.07, 6.45) is 2.09. The third-order valence-corrected chi connectivity index (χ3v) is 7.93.